The van der Waals surface area contributed by atoms with Crippen LogP contribution in [0.3, 0.4) is 0 Å². The van der Waals surface area contributed by atoms with Gasteiger partial charge in [0.15, 0.2) is 4.34 Å². The Morgan fingerprint density at radius 1 is 0.940 bits per heavy atom. The molecule has 3 heterocycles. The van der Waals surface area contributed by atoms with E-state index in [1.54, 1.807) is 18.2 Å². The Morgan fingerprint density at radius 3 is 2.62 bits per heavy atom. The fourth-order valence-corrected chi connectivity index (χ4v) is 8.37. The molecule has 2 atom stereocenters. The monoisotopic (exact) mass is 697 g/mol. The van der Waals surface area contributed by atoms with E-state index in [0.717, 1.165) is 27.8 Å². The highest BCUT2D eigenvalue weighted by molar-refractivity contribution is 8.00. The van der Waals surface area contributed by atoms with Crippen LogP contribution in [0.4, 0.5) is 5.13 Å². The third kappa shape index (κ3) is 6.12. The van der Waals surface area contributed by atoms with Gasteiger partial charge in [-0.2, -0.15) is 0 Å². The first kappa shape index (κ1) is 31.8. The Labute approximate surface area is 297 Å². The maximum atomic E-state index is 13.9. The second kappa shape index (κ2) is 13.5. The predicted octanol–water partition coefficient (Wildman–Crippen LogP) is 8.51. The van der Waals surface area contributed by atoms with Crippen molar-refractivity contribution in [1.82, 2.24) is 10.2 Å². The number of hydrogen-bond acceptors (Lipinski definition) is 9. The van der Waals surface area contributed by atoms with Crippen LogP contribution in [0.5, 0.6) is 11.5 Å². The van der Waals surface area contributed by atoms with Gasteiger partial charge in [-0.05, 0) is 70.3 Å². The summed E-state index contributed by atoms with van der Waals surface area (Å²) in [5.74, 6) is 0.116. The van der Waals surface area contributed by atoms with E-state index in [-0.39, 0.29) is 22.6 Å². The number of aromatic nitrogens is 2. The molecule has 6 aromatic rings. The molecule has 2 aliphatic rings. The maximum absolute atomic E-state index is 13.9. The van der Waals surface area contributed by atoms with Gasteiger partial charge in [0.2, 0.25) is 5.13 Å². The molecule has 5 aromatic carbocycles. The third-order valence-electron chi connectivity index (χ3n) is 8.87. The summed E-state index contributed by atoms with van der Waals surface area (Å²) in [6, 6.07) is 35.9. The molecular formula is C40H31N3O5S2. The zero-order valence-electron chi connectivity index (χ0n) is 27.0. The second-order valence-electron chi connectivity index (χ2n) is 12.2. The minimum absolute atomic E-state index is 0.0108. The van der Waals surface area contributed by atoms with E-state index >= 15 is 0 Å². The number of ether oxygens (including phenoxy) is 2. The number of ketones is 1. The summed E-state index contributed by atoms with van der Waals surface area (Å²) in [4.78, 5) is 29.2. The van der Waals surface area contributed by atoms with E-state index in [9.17, 15) is 14.7 Å². The van der Waals surface area contributed by atoms with Crippen LogP contribution in [0, 0.1) is 0 Å². The van der Waals surface area contributed by atoms with Gasteiger partial charge in [-0.1, -0.05) is 108 Å². The molecular weight excluding hydrogens is 667 g/mol. The van der Waals surface area contributed by atoms with Crippen LogP contribution in [0.25, 0.3) is 16.5 Å². The lowest BCUT2D eigenvalue weighted by Crippen LogP contribution is -2.29. The van der Waals surface area contributed by atoms with Crippen molar-refractivity contribution in [3.05, 3.63) is 149 Å². The first-order chi connectivity index (χ1) is 24.4. The standard InChI is InChI=1S/C40H31N3O5S2/c1-24-19-30-20-28(17-18-33(30)48-24)36(44)34-35(27-13-8-15-31(21-27)47-22-25-9-3-2-4-10-25)43(38(46)37(34)45)39-41-42-40(50-39)49-23-29-14-7-12-26-11-5-6-16-32(26)29/h2-18,20-21,24,35,44H,19,22-23H2,1H3/t24-,35-/m0/s1. The van der Waals surface area contributed by atoms with Gasteiger partial charge in [0.25, 0.3) is 5.78 Å². The van der Waals surface area contributed by atoms with Gasteiger partial charge < -0.3 is 14.6 Å². The Hall–Kier alpha value is -5.45. The Bertz CT molecular complexity index is 2280. The molecule has 1 aromatic heterocycles. The van der Waals surface area contributed by atoms with Crippen molar-refractivity contribution < 1.29 is 24.2 Å². The lowest BCUT2D eigenvalue weighted by molar-refractivity contribution is -0.132. The Morgan fingerprint density at radius 2 is 1.74 bits per heavy atom. The maximum Gasteiger partial charge on any atom is 0.301 e. The molecule has 1 N–H and O–H groups in total. The van der Waals surface area contributed by atoms with Crippen LogP contribution in [0.15, 0.2) is 125 Å². The van der Waals surface area contributed by atoms with Crippen molar-refractivity contribution >= 4 is 56.5 Å². The number of fused-ring (bicyclic) bond motifs is 2. The molecule has 8 nitrogen and oxygen atoms in total. The van der Waals surface area contributed by atoms with E-state index in [1.165, 1.54) is 33.4 Å². The molecule has 2 aliphatic heterocycles. The highest BCUT2D eigenvalue weighted by Gasteiger charge is 2.48. The fraction of sp³-hybridized carbons (Fsp3) is 0.150. The minimum Gasteiger partial charge on any atom is -0.507 e. The topological polar surface area (TPSA) is 102 Å². The molecule has 1 saturated heterocycles. The number of benzene rings is 5. The van der Waals surface area contributed by atoms with E-state index < -0.39 is 17.7 Å². The van der Waals surface area contributed by atoms with E-state index in [0.29, 0.717) is 40.0 Å². The minimum atomic E-state index is -0.970. The molecule has 50 heavy (non-hydrogen) atoms. The van der Waals surface area contributed by atoms with Crippen molar-refractivity contribution in [2.45, 2.75) is 42.2 Å². The fourth-order valence-electron chi connectivity index (χ4n) is 6.50. The first-order valence-corrected chi connectivity index (χ1v) is 18.0. The van der Waals surface area contributed by atoms with Crippen LogP contribution in [0.2, 0.25) is 0 Å². The highest BCUT2D eigenvalue weighted by atomic mass is 32.2. The number of rotatable bonds is 9. The largest absolute Gasteiger partial charge is 0.507 e. The number of aliphatic hydroxyl groups excluding tert-OH is 1. The normalized spacial score (nSPS) is 18.0. The lowest BCUT2D eigenvalue weighted by atomic mass is 9.94. The molecule has 1 fully saturated rings. The molecule has 0 saturated carbocycles. The van der Waals surface area contributed by atoms with Crippen LogP contribution < -0.4 is 14.4 Å². The molecule has 0 bridgehead atoms. The summed E-state index contributed by atoms with van der Waals surface area (Å²) < 4.78 is 12.6. The first-order valence-electron chi connectivity index (χ1n) is 16.2. The molecule has 0 unspecified atom stereocenters. The molecule has 8 rings (SSSR count). The summed E-state index contributed by atoms with van der Waals surface area (Å²) in [5, 5.41) is 23.2. The van der Waals surface area contributed by atoms with Gasteiger partial charge in [0, 0.05) is 17.7 Å². The smallest absolute Gasteiger partial charge is 0.301 e. The number of Topliss-reactive ketones (excluding diaryl/α,β-unsaturated/α-hetero) is 1. The van der Waals surface area contributed by atoms with Crippen LogP contribution in [-0.4, -0.2) is 33.1 Å². The van der Waals surface area contributed by atoms with Crippen molar-refractivity contribution in [3.8, 4) is 11.5 Å². The van der Waals surface area contributed by atoms with Gasteiger partial charge in [-0.25, -0.2) is 0 Å². The molecule has 1 amide bonds. The summed E-state index contributed by atoms with van der Waals surface area (Å²) >= 11 is 2.76. The van der Waals surface area contributed by atoms with Crippen LogP contribution in [-0.2, 0) is 28.4 Å². The number of amides is 1. The average Bonchev–Trinajstić information content (AvgIpc) is 3.84. The zero-order chi connectivity index (χ0) is 34.2. The number of anilines is 1. The molecule has 0 radical (unpaired) electrons. The summed E-state index contributed by atoms with van der Waals surface area (Å²) in [6.45, 7) is 2.32. The average molecular weight is 698 g/mol. The lowest BCUT2D eigenvalue weighted by Gasteiger charge is -2.23. The zero-order valence-corrected chi connectivity index (χ0v) is 28.6. The number of carbonyl (C=O) groups is 2. The van der Waals surface area contributed by atoms with Gasteiger partial charge in [0.05, 0.1) is 11.6 Å². The van der Waals surface area contributed by atoms with Crippen molar-refractivity contribution in [3.63, 3.8) is 0 Å². The van der Waals surface area contributed by atoms with E-state index in [4.69, 9.17) is 9.47 Å². The van der Waals surface area contributed by atoms with Gasteiger partial charge >= 0.3 is 5.91 Å². The molecule has 0 aliphatic carbocycles. The summed E-state index contributed by atoms with van der Waals surface area (Å²) in [6.07, 6.45) is 0.690. The van der Waals surface area contributed by atoms with E-state index in [2.05, 4.69) is 34.5 Å². The number of aliphatic hydroxyl groups is 1. The van der Waals surface area contributed by atoms with Crippen molar-refractivity contribution in [1.29, 1.82) is 0 Å². The predicted molar refractivity (Wildman–Crippen MR) is 196 cm³/mol. The molecule has 10 heteroatoms. The second-order valence-corrected chi connectivity index (χ2v) is 14.4. The summed E-state index contributed by atoms with van der Waals surface area (Å²) in [5.41, 5.74) is 4.09. The Balaban J connectivity index is 1.15. The van der Waals surface area contributed by atoms with Crippen LogP contribution in [0.1, 0.15) is 40.8 Å². The molecule has 0 spiro atoms. The van der Waals surface area contributed by atoms with E-state index in [1.807, 2.05) is 79.7 Å². The number of carbonyl (C=O) groups excluding carboxylic acids is 2. The van der Waals surface area contributed by atoms with Gasteiger partial charge in [-0.3, -0.25) is 14.5 Å². The van der Waals surface area contributed by atoms with Crippen molar-refractivity contribution in [2.75, 3.05) is 4.90 Å². The van der Waals surface area contributed by atoms with Crippen molar-refractivity contribution in [2.24, 2.45) is 0 Å². The Kier molecular flexibility index (Phi) is 8.56. The van der Waals surface area contributed by atoms with Crippen LogP contribution >= 0.6 is 23.1 Å². The van der Waals surface area contributed by atoms with Gasteiger partial charge in [-0.15, -0.1) is 10.2 Å². The highest BCUT2D eigenvalue weighted by Crippen LogP contribution is 2.45. The summed E-state index contributed by atoms with van der Waals surface area (Å²) in [7, 11) is 0. The number of hydrogen-bond donors (Lipinski definition) is 1. The SMILES string of the molecule is C[C@H]1Cc2cc(C(O)=C3C(=O)C(=O)N(c4nnc(SCc5cccc6ccccc56)s4)[C@H]3c3cccc(OCc4ccccc4)c3)ccc2O1. The third-order valence-corrected chi connectivity index (χ3v) is 11.0. The number of nitrogens with zero attached hydrogens (tertiary/aromatic N) is 3. The number of thioether (sulfide) groups is 1. The quantitative estimate of drug-likeness (QED) is 0.0528. The van der Waals surface area contributed by atoms with Gasteiger partial charge in [0.1, 0.15) is 30.0 Å². The molecule has 248 valence electrons.